The van der Waals surface area contributed by atoms with Crippen molar-refractivity contribution in [3.05, 3.63) is 35.9 Å². The molecule has 0 fully saturated rings. The highest BCUT2D eigenvalue weighted by molar-refractivity contribution is 5.86. The average molecular weight is 262 g/mol. The summed E-state index contributed by atoms with van der Waals surface area (Å²) in [5.41, 5.74) is 0.667. The fourth-order valence-electron chi connectivity index (χ4n) is 1.67. The predicted octanol–water partition coefficient (Wildman–Crippen LogP) is 0.807. The largest absolute Gasteiger partial charge is 0.391 e. The maximum atomic E-state index is 11.9. The Hall–Kier alpha value is -1.90. The summed E-state index contributed by atoms with van der Waals surface area (Å²) in [4.78, 5) is 11.9. The first-order valence-electron chi connectivity index (χ1n) is 6.08. The molecule has 1 amide bonds. The molecular weight excluding hydrogens is 244 g/mol. The summed E-state index contributed by atoms with van der Waals surface area (Å²) in [5.74, 6) is -1.17. The number of amides is 1. The quantitative estimate of drug-likeness (QED) is 0.761. The molecular formula is C14H18N2O3. The second-order valence-electron chi connectivity index (χ2n) is 4.16. The third-order valence-corrected chi connectivity index (χ3v) is 2.66. The van der Waals surface area contributed by atoms with Crippen LogP contribution < -0.4 is 5.32 Å². The number of aliphatic hydroxyl groups is 1. The molecule has 19 heavy (non-hydrogen) atoms. The lowest BCUT2D eigenvalue weighted by Gasteiger charge is -2.12. The Morgan fingerprint density at radius 3 is 2.74 bits per heavy atom. The molecule has 1 aromatic carbocycles. The van der Waals surface area contributed by atoms with E-state index < -0.39 is 12.0 Å². The smallest absolute Gasteiger partial charge is 0.241 e. The van der Waals surface area contributed by atoms with Crippen LogP contribution in [-0.4, -0.2) is 37.4 Å². The molecule has 0 aliphatic rings. The van der Waals surface area contributed by atoms with Crippen LogP contribution in [0.25, 0.3) is 0 Å². The van der Waals surface area contributed by atoms with E-state index in [1.54, 1.807) is 24.3 Å². The Morgan fingerprint density at radius 2 is 2.16 bits per heavy atom. The third kappa shape index (κ3) is 5.08. The summed E-state index contributed by atoms with van der Waals surface area (Å²) in [5, 5.41) is 21.1. The highest BCUT2D eigenvalue weighted by Crippen LogP contribution is 2.14. The number of nitriles is 1. The lowest BCUT2D eigenvalue weighted by atomic mass is 10.00. The van der Waals surface area contributed by atoms with Crippen LogP contribution in [0.3, 0.4) is 0 Å². The van der Waals surface area contributed by atoms with Crippen LogP contribution in [0.1, 0.15) is 17.9 Å². The van der Waals surface area contributed by atoms with Gasteiger partial charge in [0.15, 0.2) is 0 Å². The van der Waals surface area contributed by atoms with Crippen LogP contribution in [0.2, 0.25) is 0 Å². The van der Waals surface area contributed by atoms with Crippen molar-refractivity contribution in [2.45, 2.75) is 18.4 Å². The van der Waals surface area contributed by atoms with E-state index in [1.165, 1.54) is 7.11 Å². The maximum Gasteiger partial charge on any atom is 0.241 e. The molecule has 0 bridgehead atoms. The van der Waals surface area contributed by atoms with Gasteiger partial charge in [0.05, 0.1) is 18.8 Å². The van der Waals surface area contributed by atoms with Crippen molar-refractivity contribution in [3.8, 4) is 6.07 Å². The topological polar surface area (TPSA) is 82.3 Å². The molecule has 102 valence electrons. The van der Waals surface area contributed by atoms with Crippen LogP contribution in [0.5, 0.6) is 0 Å². The van der Waals surface area contributed by atoms with Gasteiger partial charge in [-0.25, -0.2) is 0 Å². The van der Waals surface area contributed by atoms with Gasteiger partial charge < -0.3 is 15.2 Å². The summed E-state index contributed by atoms with van der Waals surface area (Å²) in [6.45, 7) is 0.546. The van der Waals surface area contributed by atoms with Gasteiger partial charge in [0.1, 0.15) is 5.92 Å². The Balaban J connectivity index is 2.46. The highest BCUT2D eigenvalue weighted by Gasteiger charge is 2.19. The lowest BCUT2D eigenvalue weighted by Crippen LogP contribution is -2.32. The Morgan fingerprint density at radius 1 is 1.47 bits per heavy atom. The molecule has 2 atom stereocenters. The summed E-state index contributed by atoms with van der Waals surface area (Å²) >= 11 is 0. The molecule has 5 heteroatoms. The predicted molar refractivity (Wildman–Crippen MR) is 70.3 cm³/mol. The van der Waals surface area contributed by atoms with Crippen molar-refractivity contribution >= 4 is 5.91 Å². The van der Waals surface area contributed by atoms with Gasteiger partial charge in [-0.1, -0.05) is 30.3 Å². The first kappa shape index (κ1) is 15.2. The van der Waals surface area contributed by atoms with E-state index in [1.807, 2.05) is 12.1 Å². The lowest BCUT2D eigenvalue weighted by molar-refractivity contribution is -0.121. The minimum atomic E-state index is -0.819. The van der Waals surface area contributed by atoms with Gasteiger partial charge in [0, 0.05) is 13.7 Å². The van der Waals surface area contributed by atoms with Gasteiger partial charge in [-0.3, -0.25) is 4.79 Å². The van der Waals surface area contributed by atoms with E-state index in [4.69, 9.17) is 10.00 Å². The van der Waals surface area contributed by atoms with Crippen LogP contribution in [0.15, 0.2) is 30.3 Å². The van der Waals surface area contributed by atoms with Crippen molar-refractivity contribution in [1.29, 1.82) is 5.26 Å². The standard InChI is InChI=1S/C14H18N2O3/c1-19-10-12(17)7-8-16-14(18)13(9-15)11-5-3-2-4-6-11/h2-6,12-13,17H,7-8,10H2,1H3,(H,16,18). The van der Waals surface area contributed by atoms with Crippen LogP contribution >= 0.6 is 0 Å². The molecule has 5 nitrogen and oxygen atoms in total. The van der Waals surface area contributed by atoms with Crippen molar-refractivity contribution < 1.29 is 14.6 Å². The van der Waals surface area contributed by atoms with E-state index in [0.29, 0.717) is 18.5 Å². The summed E-state index contributed by atoms with van der Waals surface area (Å²) in [6.07, 6.45) is -0.213. The number of hydrogen-bond acceptors (Lipinski definition) is 4. The van der Waals surface area contributed by atoms with Crippen LogP contribution in [-0.2, 0) is 9.53 Å². The number of carbonyl (C=O) groups is 1. The monoisotopic (exact) mass is 262 g/mol. The van der Waals surface area contributed by atoms with Gasteiger partial charge in [-0.05, 0) is 12.0 Å². The number of nitrogens with zero attached hydrogens (tertiary/aromatic N) is 1. The fraction of sp³-hybridized carbons (Fsp3) is 0.429. The number of hydrogen-bond donors (Lipinski definition) is 2. The summed E-state index contributed by atoms with van der Waals surface area (Å²) in [7, 11) is 1.50. The normalized spacial score (nSPS) is 13.3. The molecule has 0 aliphatic carbocycles. The van der Waals surface area contributed by atoms with Crippen LogP contribution in [0, 0.1) is 11.3 Å². The number of benzene rings is 1. The number of methoxy groups -OCH3 is 1. The Labute approximate surface area is 112 Å². The van der Waals surface area contributed by atoms with Gasteiger partial charge in [0.25, 0.3) is 0 Å². The zero-order chi connectivity index (χ0) is 14.1. The second kappa shape index (κ2) is 8.25. The Kier molecular flexibility index (Phi) is 6.58. The third-order valence-electron chi connectivity index (χ3n) is 2.66. The molecule has 0 saturated carbocycles. The number of aliphatic hydroxyl groups excluding tert-OH is 1. The van der Waals surface area contributed by atoms with E-state index in [-0.39, 0.29) is 12.5 Å². The molecule has 2 N–H and O–H groups in total. The van der Waals surface area contributed by atoms with E-state index in [9.17, 15) is 9.90 Å². The first-order chi connectivity index (χ1) is 9.19. The highest BCUT2D eigenvalue weighted by atomic mass is 16.5. The molecule has 1 rings (SSSR count). The zero-order valence-corrected chi connectivity index (χ0v) is 10.9. The molecule has 0 radical (unpaired) electrons. The number of nitrogens with one attached hydrogen (secondary N) is 1. The SMILES string of the molecule is COCC(O)CCNC(=O)C(C#N)c1ccccc1. The minimum Gasteiger partial charge on any atom is -0.391 e. The molecule has 0 heterocycles. The fourth-order valence-corrected chi connectivity index (χ4v) is 1.67. The minimum absolute atomic E-state index is 0.232. The zero-order valence-electron chi connectivity index (χ0n) is 10.9. The van der Waals surface area contributed by atoms with Crippen LogP contribution in [0.4, 0.5) is 0 Å². The number of ether oxygens (including phenoxy) is 1. The molecule has 0 aliphatic heterocycles. The molecule has 0 saturated heterocycles. The van der Waals surface area contributed by atoms with Crippen molar-refractivity contribution in [2.24, 2.45) is 0 Å². The molecule has 1 aromatic rings. The summed E-state index contributed by atoms with van der Waals surface area (Å²) < 4.78 is 4.78. The van der Waals surface area contributed by atoms with E-state index >= 15 is 0 Å². The van der Waals surface area contributed by atoms with Crippen molar-refractivity contribution in [2.75, 3.05) is 20.3 Å². The summed E-state index contributed by atoms with van der Waals surface area (Å²) in [6, 6.07) is 10.9. The molecule has 0 spiro atoms. The van der Waals surface area contributed by atoms with Gasteiger partial charge >= 0.3 is 0 Å². The molecule has 0 aromatic heterocycles. The van der Waals surface area contributed by atoms with E-state index in [0.717, 1.165) is 0 Å². The van der Waals surface area contributed by atoms with Crippen molar-refractivity contribution in [3.63, 3.8) is 0 Å². The number of carbonyl (C=O) groups excluding carboxylic acids is 1. The average Bonchev–Trinajstić information content (AvgIpc) is 2.41. The van der Waals surface area contributed by atoms with Gasteiger partial charge in [-0.15, -0.1) is 0 Å². The van der Waals surface area contributed by atoms with Gasteiger partial charge in [-0.2, -0.15) is 5.26 Å². The Bertz CT molecular complexity index is 428. The number of rotatable bonds is 7. The van der Waals surface area contributed by atoms with Crippen molar-refractivity contribution in [1.82, 2.24) is 5.32 Å². The first-order valence-corrected chi connectivity index (χ1v) is 6.08. The second-order valence-corrected chi connectivity index (χ2v) is 4.16. The van der Waals surface area contributed by atoms with Gasteiger partial charge in [0.2, 0.25) is 5.91 Å². The van der Waals surface area contributed by atoms with E-state index in [2.05, 4.69) is 5.32 Å². The maximum absolute atomic E-state index is 11.9. The molecule has 2 unspecified atom stereocenters.